The van der Waals surface area contributed by atoms with E-state index in [2.05, 4.69) is 26.0 Å². The van der Waals surface area contributed by atoms with Gasteiger partial charge in [0.1, 0.15) is 0 Å². The molecule has 1 amide bonds. The van der Waals surface area contributed by atoms with Crippen LogP contribution in [0.5, 0.6) is 0 Å². The zero-order valence-corrected chi connectivity index (χ0v) is 18.0. The van der Waals surface area contributed by atoms with E-state index in [0.717, 1.165) is 62.3 Å². The molecule has 164 valence electrons. The van der Waals surface area contributed by atoms with Crippen LogP contribution in [0.3, 0.4) is 0 Å². The minimum atomic E-state index is 0.104. The Balaban J connectivity index is 1.16. The minimum Gasteiger partial charge on any atom is -0.341 e. The quantitative estimate of drug-likeness (QED) is 0.707. The molecule has 2 saturated carbocycles. The number of fused-ring (bicyclic) bond motifs is 4. The van der Waals surface area contributed by atoms with Crippen LogP contribution < -0.4 is 5.56 Å². The number of aromatic nitrogens is 3. The van der Waals surface area contributed by atoms with Crippen LogP contribution in [0.1, 0.15) is 66.9 Å². The Morgan fingerprint density at radius 1 is 1.13 bits per heavy atom. The molecule has 8 heteroatoms. The Labute approximate surface area is 181 Å². The molecule has 2 aromatic rings. The number of hydrogen-bond donors (Lipinski definition) is 0. The van der Waals surface area contributed by atoms with Crippen LogP contribution in [-0.4, -0.2) is 50.6 Å². The number of rotatable bonds is 6. The topological polar surface area (TPSA) is 84.5 Å². The summed E-state index contributed by atoms with van der Waals surface area (Å²) < 4.78 is 7.32. The normalized spacial score (nSPS) is 25.0. The second kappa shape index (κ2) is 7.29. The maximum atomic E-state index is 13.3. The minimum absolute atomic E-state index is 0.104. The third-order valence-electron chi connectivity index (χ3n) is 7.18. The molecule has 2 bridgehead atoms. The van der Waals surface area contributed by atoms with Crippen molar-refractivity contribution in [3.63, 3.8) is 0 Å². The van der Waals surface area contributed by atoms with Crippen LogP contribution in [-0.2, 0) is 24.4 Å². The van der Waals surface area contributed by atoms with Gasteiger partial charge in [-0.3, -0.25) is 14.5 Å². The van der Waals surface area contributed by atoms with E-state index in [-0.39, 0.29) is 17.4 Å². The Morgan fingerprint density at radius 2 is 1.97 bits per heavy atom. The first-order valence-corrected chi connectivity index (χ1v) is 11.6. The monoisotopic (exact) mass is 423 g/mol. The summed E-state index contributed by atoms with van der Waals surface area (Å²) in [6.07, 6.45) is 5.44. The molecular formula is C23H29N5O3. The van der Waals surface area contributed by atoms with Gasteiger partial charge in [0.25, 0.3) is 5.56 Å². The number of piperidine rings is 1. The van der Waals surface area contributed by atoms with E-state index in [4.69, 9.17) is 4.52 Å². The van der Waals surface area contributed by atoms with Crippen molar-refractivity contribution in [2.24, 2.45) is 11.8 Å². The molecular weight excluding hydrogens is 394 g/mol. The van der Waals surface area contributed by atoms with E-state index >= 15 is 0 Å². The van der Waals surface area contributed by atoms with E-state index in [9.17, 15) is 9.59 Å². The molecule has 0 aromatic carbocycles. The van der Waals surface area contributed by atoms with E-state index in [1.165, 1.54) is 0 Å². The van der Waals surface area contributed by atoms with Crippen molar-refractivity contribution >= 4 is 5.91 Å². The van der Waals surface area contributed by atoms with Crippen molar-refractivity contribution in [1.29, 1.82) is 0 Å². The molecule has 8 nitrogen and oxygen atoms in total. The lowest BCUT2D eigenvalue weighted by molar-refractivity contribution is -0.135. The molecule has 4 aliphatic rings. The standard InChI is InChI=1S/C23H29N5O3/c1-26(13-20-24-21(31-25-20)15-2-3-15)11-17-6-7-19-18-8-14(10-28(19)23(17)30)9-27(12-18)22(29)16-4-5-16/h6-7,14-16,18H,2-5,8-13H2,1H3/t14-,18+/m0/s1. The molecule has 0 spiro atoms. The Kier molecular flexibility index (Phi) is 4.52. The largest absolute Gasteiger partial charge is 0.341 e. The molecule has 4 heterocycles. The number of hydrogen-bond acceptors (Lipinski definition) is 6. The molecule has 0 N–H and O–H groups in total. The van der Waals surface area contributed by atoms with Gasteiger partial charge in [0.15, 0.2) is 5.82 Å². The highest BCUT2D eigenvalue weighted by Gasteiger charge is 2.40. The third-order valence-corrected chi connectivity index (χ3v) is 7.18. The number of amides is 1. The van der Waals surface area contributed by atoms with Gasteiger partial charge in [-0.2, -0.15) is 4.98 Å². The number of pyridine rings is 1. The highest BCUT2D eigenvalue weighted by molar-refractivity contribution is 5.81. The highest BCUT2D eigenvalue weighted by Crippen LogP contribution is 2.39. The fraction of sp³-hybridized carbons (Fsp3) is 0.652. The highest BCUT2D eigenvalue weighted by atomic mass is 16.5. The van der Waals surface area contributed by atoms with E-state index in [0.29, 0.717) is 43.2 Å². The van der Waals surface area contributed by atoms with Gasteiger partial charge in [0.05, 0.1) is 6.54 Å². The number of nitrogens with zero attached hydrogens (tertiary/aromatic N) is 5. The fourth-order valence-corrected chi connectivity index (χ4v) is 5.30. The molecule has 1 saturated heterocycles. The molecule has 0 unspecified atom stereocenters. The van der Waals surface area contributed by atoms with E-state index in [1.807, 2.05) is 17.7 Å². The SMILES string of the molecule is CN(Cc1noc(C2CC2)n1)Cc1ccc2n(c1=O)C[C@H]1C[C@@H]2CN(C(=O)C2CC2)C1. The lowest BCUT2D eigenvalue weighted by Crippen LogP contribution is -2.50. The summed E-state index contributed by atoms with van der Waals surface area (Å²) >= 11 is 0. The second-order valence-corrected chi connectivity index (χ2v) is 10.0. The van der Waals surface area contributed by atoms with E-state index in [1.54, 1.807) is 0 Å². The average Bonchev–Trinajstić information content (AvgIpc) is 3.68. The maximum Gasteiger partial charge on any atom is 0.255 e. The average molecular weight is 424 g/mol. The molecule has 2 aliphatic heterocycles. The van der Waals surface area contributed by atoms with Gasteiger partial charge >= 0.3 is 0 Å². The first-order valence-electron chi connectivity index (χ1n) is 11.6. The van der Waals surface area contributed by atoms with Crippen LogP contribution in [0.2, 0.25) is 0 Å². The Bertz CT molecular complexity index is 1070. The summed E-state index contributed by atoms with van der Waals surface area (Å²) in [5.41, 5.74) is 1.99. The van der Waals surface area contributed by atoms with Crippen LogP contribution in [0.25, 0.3) is 0 Å². The first-order chi connectivity index (χ1) is 15.0. The van der Waals surface area contributed by atoms with Gasteiger partial charge in [0, 0.05) is 55.2 Å². The van der Waals surface area contributed by atoms with Crippen LogP contribution in [0.4, 0.5) is 0 Å². The lowest BCUT2D eigenvalue weighted by Gasteiger charge is -2.43. The van der Waals surface area contributed by atoms with Crippen molar-refractivity contribution in [2.45, 2.75) is 63.6 Å². The molecule has 2 aliphatic carbocycles. The number of carbonyl (C=O) groups excluding carboxylic acids is 1. The Morgan fingerprint density at radius 3 is 2.74 bits per heavy atom. The number of carbonyl (C=O) groups is 1. The van der Waals surface area contributed by atoms with Crippen LogP contribution in [0, 0.1) is 11.8 Å². The second-order valence-electron chi connectivity index (χ2n) is 10.0. The summed E-state index contributed by atoms with van der Waals surface area (Å²) in [5.74, 6) is 3.12. The predicted octanol–water partition coefficient (Wildman–Crippen LogP) is 2.10. The molecule has 31 heavy (non-hydrogen) atoms. The summed E-state index contributed by atoms with van der Waals surface area (Å²) in [4.78, 5) is 34.5. The molecule has 2 aromatic heterocycles. The lowest BCUT2D eigenvalue weighted by atomic mass is 9.82. The molecule has 0 radical (unpaired) electrons. The Hall–Kier alpha value is -2.48. The van der Waals surface area contributed by atoms with Gasteiger partial charge in [-0.1, -0.05) is 11.2 Å². The maximum absolute atomic E-state index is 13.3. The summed E-state index contributed by atoms with van der Waals surface area (Å²) in [7, 11) is 1.98. The van der Waals surface area contributed by atoms with Crippen LogP contribution in [0.15, 0.2) is 21.5 Å². The van der Waals surface area contributed by atoms with Crippen LogP contribution >= 0.6 is 0 Å². The van der Waals surface area contributed by atoms with Gasteiger partial charge in [-0.05, 0) is 51.1 Å². The van der Waals surface area contributed by atoms with E-state index < -0.39 is 0 Å². The number of likely N-dealkylation sites (tertiary alicyclic amines) is 1. The smallest absolute Gasteiger partial charge is 0.255 e. The fourth-order valence-electron chi connectivity index (χ4n) is 5.30. The summed E-state index contributed by atoms with van der Waals surface area (Å²) in [5, 5.41) is 4.08. The van der Waals surface area contributed by atoms with Gasteiger partial charge in [0.2, 0.25) is 11.8 Å². The van der Waals surface area contributed by atoms with Crippen molar-refractivity contribution < 1.29 is 9.32 Å². The molecule has 3 fully saturated rings. The predicted molar refractivity (Wildman–Crippen MR) is 112 cm³/mol. The van der Waals surface area contributed by atoms with Gasteiger partial charge < -0.3 is 14.0 Å². The van der Waals surface area contributed by atoms with Crippen molar-refractivity contribution in [3.8, 4) is 0 Å². The van der Waals surface area contributed by atoms with Gasteiger partial charge in [-0.15, -0.1) is 0 Å². The molecule has 6 rings (SSSR count). The zero-order chi connectivity index (χ0) is 21.1. The van der Waals surface area contributed by atoms with Gasteiger partial charge in [-0.25, -0.2) is 0 Å². The van der Waals surface area contributed by atoms with Crippen molar-refractivity contribution in [3.05, 3.63) is 45.5 Å². The third kappa shape index (κ3) is 3.71. The van der Waals surface area contributed by atoms with Crippen molar-refractivity contribution in [2.75, 3.05) is 20.1 Å². The first kappa shape index (κ1) is 19.2. The van der Waals surface area contributed by atoms with Crippen molar-refractivity contribution in [1.82, 2.24) is 24.5 Å². The summed E-state index contributed by atoms with van der Waals surface area (Å²) in [6, 6.07) is 4.08. The molecule has 2 atom stereocenters. The zero-order valence-electron chi connectivity index (χ0n) is 18.0. The summed E-state index contributed by atoms with van der Waals surface area (Å²) in [6.45, 7) is 3.37.